The van der Waals surface area contributed by atoms with Crippen LogP contribution in [0, 0.1) is 6.92 Å². The van der Waals surface area contributed by atoms with E-state index < -0.39 is 0 Å². The zero-order chi connectivity index (χ0) is 14.1. The summed E-state index contributed by atoms with van der Waals surface area (Å²) in [6.45, 7) is 5.60. The second kappa shape index (κ2) is 5.11. The van der Waals surface area contributed by atoms with Crippen LogP contribution in [0.4, 0.5) is 5.95 Å². The first kappa shape index (κ1) is 12.9. The molecule has 20 heavy (non-hydrogen) atoms. The third-order valence-corrected chi connectivity index (χ3v) is 3.63. The molecule has 1 atom stereocenters. The summed E-state index contributed by atoms with van der Waals surface area (Å²) in [6.07, 6.45) is 4.07. The van der Waals surface area contributed by atoms with E-state index in [1.54, 1.807) is 4.52 Å². The maximum absolute atomic E-state index is 12.2. The molecule has 0 aromatic carbocycles. The number of pyridine rings is 1. The van der Waals surface area contributed by atoms with Crippen LogP contribution >= 0.6 is 0 Å². The molecule has 0 saturated carbocycles. The van der Waals surface area contributed by atoms with Gasteiger partial charge in [0, 0.05) is 19.3 Å². The molecule has 0 radical (unpaired) electrons. The average Bonchev–Trinajstić information content (AvgIpc) is 3.05. The molecule has 1 N–H and O–H groups in total. The van der Waals surface area contributed by atoms with Gasteiger partial charge in [-0.15, -0.1) is 5.10 Å². The fraction of sp³-hybridized carbons (Fsp3) is 0.500. The van der Waals surface area contributed by atoms with E-state index in [1.807, 2.05) is 37.1 Å². The van der Waals surface area contributed by atoms with E-state index in [9.17, 15) is 4.79 Å². The second-order valence-electron chi connectivity index (χ2n) is 5.34. The van der Waals surface area contributed by atoms with Gasteiger partial charge in [0.25, 0.3) is 0 Å². The quantitative estimate of drug-likeness (QED) is 0.919. The summed E-state index contributed by atoms with van der Waals surface area (Å²) in [6, 6.07) is 3.64. The maximum atomic E-state index is 12.2. The molecule has 1 aliphatic heterocycles. The Kier molecular flexibility index (Phi) is 3.30. The Bertz CT molecular complexity index is 630. The van der Waals surface area contributed by atoms with Crippen molar-refractivity contribution in [3.05, 3.63) is 23.9 Å². The molecule has 6 heteroatoms. The van der Waals surface area contributed by atoms with E-state index in [1.165, 1.54) is 0 Å². The lowest BCUT2D eigenvalue weighted by Crippen LogP contribution is -2.39. The third-order valence-electron chi connectivity index (χ3n) is 3.63. The number of amides is 1. The van der Waals surface area contributed by atoms with Crippen LogP contribution in [0.5, 0.6) is 0 Å². The average molecular weight is 273 g/mol. The second-order valence-corrected chi connectivity index (χ2v) is 5.34. The predicted octanol–water partition coefficient (Wildman–Crippen LogP) is 1.46. The highest BCUT2D eigenvalue weighted by molar-refractivity contribution is 5.84. The molecular formula is C14H19N5O. The first-order valence-electron chi connectivity index (χ1n) is 7.02. The number of likely N-dealkylation sites (tertiary alicyclic amines) is 1. The molecule has 1 saturated heterocycles. The molecule has 1 unspecified atom stereocenters. The predicted molar refractivity (Wildman–Crippen MR) is 76.6 cm³/mol. The SMILES string of the molecule is Cc1ccn2nc(NC(C)C(=O)N3CCCC3)nc2c1. The molecule has 1 fully saturated rings. The maximum Gasteiger partial charge on any atom is 0.244 e. The van der Waals surface area contributed by atoms with E-state index >= 15 is 0 Å². The van der Waals surface area contributed by atoms with Gasteiger partial charge in [0.2, 0.25) is 11.9 Å². The van der Waals surface area contributed by atoms with Crippen molar-refractivity contribution in [2.75, 3.05) is 18.4 Å². The van der Waals surface area contributed by atoms with Crippen molar-refractivity contribution in [2.24, 2.45) is 0 Å². The summed E-state index contributed by atoms with van der Waals surface area (Å²) >= 11 is 0. The highest BCUT2D eigenvalue weighted by Gasteiger charge is 2.23. The van der Waals surface area contributed by atoms with Gasteiger partial charge in [0.05, 0.1) is 0 Å². The Balaban J connectivity index is 1.73. The van der Waals surface area contributed by atoms with Crippen molar-refractivity contribution in [1.82, 2.24) is 19.5 Å². The van der Waals surface area contributed by atoms with Crippen LogP contribution in [0.3, 0.4) is 0 Å². The van der Waals surface area contributed by atoms with Gasteiger partial charge in [0.15, 0.2) is 5.65 Å². The first-order chi connectivity index (χ1) is 9.63. The van der Waals surface area contributed by atoms with Crippen molar-refractivity contribution in [2.45, 2.75) is 32.7 Å². The van der Waals surface area contributed by atoms with Crippen molar-refractivity contribution in [1.29, 1.82) is 0 Å². The van der Waals surface area contributed by atoms with E-state index in [4.69, 9.17) is 0 Å². The van der Waals surface area contributed by atoms with Gasteiger partial charge in [-0.1, -0.05) is 0 Å². The van der Waals surface area contributed by atoms with Crippen LogP contribution in [-0.4, -0.2) is 44.5 Å². The highest BCUT2D eigenvalue weighted by atomic mass is 16.2. The Morgan fingerprint density at radius 1 is 1.40 bits per heavy atom. The van der Waals surface area contributed by atoms with Gasteiger partial charge in [-0.25, -0.2) is 4.52 Å². The van der Waals surface area contributed by atoms with Crippen LogP contribution in [0.15, 0.2) is 18.3 Å². The van der Waals surface area contributed by atoms with Crippen LogP contribution in [0.1, 0.15) is 25.3 Å². The Hall–Kier alpha value is -2.11. The van der Waals surface area contributed by atoms with Crippen molar-refractivity contribution in [3.8, 4) is 0 Å². The number of nitrogens with one attached hydrogen (secondary N) is 1. The summed E-state index contributed by atoms with van der Waals surface area (Å²) < 4.78 is 1.71. The zero-order valence-electron chi connectivity index (χ0n) is 11.8. The summed E-state index contributed by atoms with van der Waals surface area (Å²) in [7, 11) is 0. The molecule has 0 spiro atoms. The fourth-order valence-corrected chi connectivity index (χ4v) is 2.51. The number of carbonyl (C=O) groups is 1. The number of carbonyl (C=O) groups excluding carboxylic acids is 1. The largest absolute Gasteiger partial charge is 0.341 e. The number of hydrogen-bond donors (Lipinski definition) is 1. The molecule has 6 nitrogen and oxygen atoms in total. The fourth-order valence-electron chi connectivity index (χ4n) is 2.51. The third kappa shape index (κ3) is 2.45. The first-order valence-corrected chi connectivity index (χ1v) is 7.02. The zero-order valence-corrected chi connectivity index (χ0v) is 11.8. The number of rotatable bonds is 3. The minimum absolute atomic E-state index is 0.123. The lowest BCUT2D eigenvalue weighted by atomic mass is 10.3. The molecule has 2 aromatic heterocycles. The van der Waals surface area contributed by atoms with Gasteiger partial charge < -0.3 is 10.2 Å². The molecule has 3 heterocycles. The van der Waals surface area contributed by atoms with Crippen molar-refractivity contribution in [3.63, 3.8) is 0 Å². The molecule has 106 valence electrons. The molecule has 3 rings (SSSR count). The topological polar surface area (TPSA) is 62.5 Å². The smallest absolute Gasteiger partial charge is 0.244 e. The Labute approximate surface area is 117 Å². The van der Waals surface area contributed by atoms with Gasteiger partial charge in [-0.05, 0) is 44.4 Å². The Morgan fingerprint density at radius 3 is 2.90 bits per heavy atom. The van der Waals surface area contributed by atoms with Crippen molar-refractivity contribution >= 4 is 17.5 Å². The van der Waals surface area contributed by atoms with Crippen molar-refractivity contribution < 1.29 is 4.79 Å². The highest BCUT2D eigenvalue weighted by Crippen LogP contribution is 2.12. The molecule has 1 aliphatic rings. The molecule has 0 bridgehead atoms. The van der Waals surface area contributed by atoms with Crippen LogP contribution in [-0.2, 0) is 4.79 Å². The minimum Gasteiger partial charge on any atom is -0.341 e. The number of fused-ring (bicyclic) bond motifs is 1. The Morgan fingerprint density at radius 2 is 2.15 bits per heavy atom. The van der Waals surface area contributed by atoms with E-state index in [-0.39, 0.29) is 11.9 Å². The van der Waals surface area contributed by atoms with E-state index in [0.29, 0.717) is 5.95 Å². The normalized spacial score (nSPS) is 16.6. The lowest BCUT2D eigenvalue weighted by Gasteiger charge is -2.20. The monoisotopic (exact) mass is 273 g/mol. The standard InChI is InChI=1S/C14H19N5O/c1-10-5-8-19-12(9-10)16-14(17-19)15-11(2)13(20)18-6-3-4-7-18/h5,8-9,11H,3-4,6-7H2,1-2H3,(H,15,17). The number of nitrogens with zero attached hydrogens (tertiary/aromatic N) is 4. The van der Waals surface area contributed by atoms with Crippen LogP contribution in [0.2, 0.25) is 0 Å². The number of aromatic nitrogens is 3. The lowest BCUT2D eigenvalue weighted by molar-refractivity contribution is -0.130. The summed E-state index contributed by atoms with van der Waals surface area (Å²) in [5.74, 6) is 0.619. The van der Waals surface area contributed by atoms with Crippen LogP contribution < -0.4 is 5.32 Å². The van der Waals surface area contributed by atoms with E-state index in [0.717, 1.165) is 37.1 Å². The minimum atomic E-state index is -0.299. The molecular weight excluding hydrogens is 254 g/mol. The van der Waals surface area contributed by atoms with Gasteiger partial charge in [0.1, 0.15) is 6.04 Å². The number of hydrogen-bond acceptors (Lipinski definition) is 4. The molecule has 0 aliphatic carbocycles. The summed E-state index contributed by atoms with van der Waals surface area (Å²) in [5.41, 5.74) is 1.92. The van der Waals surface area contributed by atoms with Gasteiger partial charge in [-0.3, -0.25) is 4.79 Å². The number of aryl methyl sites for hydroxylation is 1. The molecule has 2 aromatic rings. The number of anilines is 1. The van der Waals surface area contributed by atoms with E-state index in [2.05, 4.69) is 15.4 Å². The summed E-state index contributed by atoms with van der Waals surface area (Å²) in [4.78, 5) is 18.5. The van der Waals surface area contributed by atoms with Gasteiger partial charge >= 0.3 is 0 Å². The summed E-state index contributed by atoms with van der Waals surface area (Å²) in [5, 5.41) is 7.42. The van der Waals surface area contributed by atoms with Crippen LogP contribution in [0.25, 0.3) is 5.65 Å². The van der Waals surface area contributed by atoms with Gasteiger partial charge in [-0.2, -0.15) is 4.98 Å². The molecule has 1 amide bonds.